The van der Waals surface area contributed by atoms with E-state index in [0.29, 0.717) is 25.8 Å². The first-order chi connectivity index (χ1) is 8.20. The number of carbonyl (C=O) groups is 1. The number of hydrogen-bond donors (Lipinski definition) is 1. The van der Waals surface area contributed by atoms with Crippen LogP contribution in [0.4, 0.5) is 0 Å². The maximum absolute atomic E-state index is 12.4. The zero-order valence-corrected chi connectivity index (χ0v) is 11.4. The van der Waals surface area contributed by atoms with E-state index in [9.17, 15) is 4.79 Å². The lowest BCUT2D eigenvalue weighted by Crippen LogP contribution is -2.48. The normalized spacial score (nSPS) is 24.6. The fraction of sp³-hybridized carbons (Fsp3) is 0.923. The number of likely N-dealkylation sites (N-methyl/N-ethyl adjacent to an activating group) is 1. The van der Waals surface area contributed by atoms with Gasteiger partial charge in [0.1, 0.15) is 0 Å². The molecule has 1 N–H and O–H groups in total. The SMILES string of the molecule is CCOCCN(CC)C(=O)C1CCCNC1C. The lowest BCUT2D eigenvalue weighted by Gasteiger charge is -2.33. The average molecular weight is 242 g/mol. The summed E-state index contributed by atoms with van der Waals surface area (Å²) >= 11 is 0. The summed E-state index contributed by atoms with van der Waals surface area (Å²) in [6.07, 6.45) is 2.11. The van der Waals surface area contributed by atoms with E-state index < -0.39 is 0 Å². The van der Waals surface area contributed by atoms with Gasteiger partial charge in [-0.15, -0.1) is 0 Å². The van der Waals surface area contributed by atoms with Crippen molar-refractivity contribution in [2.45, 2.75) is 39.7 Å². The molecule has 4 nitrogen and oxygen atoms in total. The molecule has 0 spiro atoms. The van der Waals surface area contributed by atoms with Crippen LogP contribution < -0.4 is 5.32 Å². The molecule has 0 aliphatic carbocycles. The number of nitrogens with zero attached hydrogens (tertiary/aromatic N) is 1. The van der Waals surface area contributed by atoms with E-state index in [4.69, 9.17) is 4.74 Å². The fourth-order valence-electron chi connectivity index (χ4n) is 2.36. The predicted octanol–water partition coefficient (Wildman–Crippen LogP) is 1.26. The summed E-state index contributed by atoms with van der Waals surface area (Å²) in [5, 5.41) is 3.38. The minimum absolute atomic E-state index is 0.144. The Labute approximate surface area is 105 Å². The largest absolute Gasteiger partial charge is 0.380 e. The van der Waals surface area contributed by atoms with Crippen molar-refractivity contribution >= 4 is 5.91 Å². The van der Waals surface area contributed by atoms with Gasteiger partial charge in [0.25, 0.3) is 0 Å². The second-order valence-electron chi connectivity index (χ2n) is 4.61. The Morgan fingerprint density at radius 3 is 2.82 bits per heavy atom. The number of rotatable bonds is 6. The molecule has 17 heavy (non-hydrogen) atoms. The van der Waals surface area contributed by atoms with Gasteiger partial charge in [0.05, 0.1) is 12.5 Å². The van der Waals surface area contributed by atoms with E-state index >= 15 is 0 Å². The van der Waals surface area contributed by atoms with Gasteiger partial charge in [-0.05, 0) is 40.2 Å². The molecular formula is C13H26N2O2. The van der Waals surface area contributed by atoms with Crippen LogP contribution in [0.3, 0.4) is 0 Å². The van der Waals surface area contributed by atoms with Crippen LogP contribution in [0, 0.1) is 5.92 Å². The number of ether oxygens (including phenoxy) is 1. The Hall–Kier alpha value is -0.610. The van der Waals surface area contributed by atoms with E-state index in [2.05, 4.69) is 12.2 Å². The number of piperidine rings is 1. The van der Waals surface area contributed by atoms with Gasteiger partial charge < -0.3 is 15.0 Å². The Morgan fingerprint density at radius 2 is 2.24 bits per heavy atom. The second kappa shape index (κ2) is 7.67. The summed E-state index contributed by atoms with van der Waals surface area (Å²) in [6.45, 7) is 10.0. The summed E-state index contributed by atoms with van der Waals surface area (Å²) in [6, 6.07) is 0.303. The first-order valence-corrected chi connectivity index (χ1v) is 6.80. The third kappa shape index (κ3) is 4.28. The standard InChI is InChI=1S/C13H26N2O2/c1-4-15(9-10-17-5-2)13(16)12-7-6-8-14-11(12)3/h11-12,14H,4-10H2,1-3H3. The molecule has 100 valence electrons. The highest BCUT2D eigenvalue weighted by Crippen LogP contribution is 2.18. The smallest absolute Gasteiger partial charge is 0.227 e. The van der Waals surface area contributed by atoms with Gasteiger partial charge in [0.15, 0.2) is 0 Å². The minimum atomic E-state index is 0.144. The highest BCUT2D eigenvalue weighted by molar-refractivity contribution is 5.79. The highest BCUT2D eigenvalue weighted by atomic mass is 16.5. The molecule has 1 rings (SSSR count). The molecule has 1 aliphatic heterocycles. The van der Waals surface area contributed by atoms with Crippen molar-refractivity contribution in [2.75, 3.05) is 32.8 Å². The minimum Gasteiger partial charge on any atom is -0.380 e. The Morgan fingerprint density at radius 1 is 1.47 bits per heavy atom. The Balaban J connectivity index is 2.46. The van der Waals surface area contributed by atoms with Gasteiger partial charge in [-0.25, -0.2) is 0 Å². The molecule has 2 atom stereocenters. The first kappa shape index (κ1) is 14.5. The Kier molecular flexibility index (Phi) is 6.52. The molecule has 4 heteroatoms. The summed E-state index contributed by atoms with van der Waals surface area (Å²) in [5.41, 5.74) is 0. The third-order valence-electron chi connectivity index (χ3n) is 3.48. The van der Waals surface area contributed by atoms with Crippen LogP contribution >= 0.6 is 0 Å². The molecule has 0 aromatic rings. The van der Waals surface area contributed by atoms with Crippen LogP contribution in [0.25, 0.3) is 0 Å². The predicted molar refractivity (Wildman–Crippen MR) is 68.9 cm³/mol. The van der Waals surface area contributed by atoms with Gasteiger partial charge in [-0.2, -0.15) is 0 Å². The van der Waals surface area contributed by atoms with Gasteiger partial charge in [0, 0.05) is 25.7 Å². The molecule has 2 unspecified atom stereocenters. The number of hydrogen-bond acceptors (Lipinski definition) is 3. The molecule has 1 saturated heterocycles. The molecule has 1 amide bonds. The van der Waals surface area contributed by atoms with Gasteiger partial charge in [0.2, 0.25) is 5.91 Å². The lowest BCUT2D eigenvalue weighted by atomic mass is 9.90. The van der Waals surface area contributed by atoms with Crippen LogP contribution in [-0.2, 0) is 9.53 Å². The van der Waals surface area contributed by atoms with Crippen molar-refractivity contribution in [3.05, 3.63) is 0 Å². The van der Waals surface area contributed by atoms with E-state index in [1.54, 1.807) is 0 Å². The van der Waals surface area contributed by atoms with Crippen LogP contribution in [-0.4, -0.2) is 49.7 Å². The number of nitrogens with one attached hydrogen (secondary N) is 1. The number of carbonyl (C=O) groups excluding carboxylic acids is 1. The Bertz CT molecular complexity index is 233. The highest BCUT2D eigenvalue weighted by Gasteiger charge is 2.30. The molecular weight excluding hydrogens is 216 g/mol. The maximum atomic E-state index is 12.4. The molecule has 0 radical (unpaired) electrons. The molecule has 0 aromatic heterocycles. The average Bonchev–Trinajstić information content (AvgIpc) is 2.35. The fourth-order valence-corrected chi connectivity index (χ4v) is 2.36. The summed E-state index contributed by atoms with van der Waals surface area (Å²) < 4.78 is 5.32. The van der Waals surface area contributed by atoms with E-state index in [1.165, 1.54) is 0 Å². The lowest BCUT2D eigenvalue weighted by molar-refractivity contribution is -0.137. The van der Waals surface area contributed by atoms with E-state index in [0.717, 1.165) is 25.9 Å². The topological polar surface area (TPSA) is 41.6 Å². The molecule has 0 saturated carbocycles. The zero-order valence-electron chi connectivity index (χ0n) is 11.4. The van der Waals surface area contributed by atoms with Crippen molar-refractivity contribution < 1.29 is 9.53 Å². The van der Waals surface area contributed by atoms with Crippen LogP contribution in [0.15, 0.2) is 0 Å². The zero-order chi connectivity index (χ0) is 12.7. The molecule has 0 aromatic carbocycles. The first-order valence-electron chi connectivity index (χ1n) is 6.80. The van der Waals surface area contributed by atoms with Crippen molar-refractivity contribution in [2.24, 2.45) is 5.92 Å². The van der Waals surface area contributed by atoms with Crippen molar-refractivity contribution in [1.82, 2.24) is 10.2 Å². The van der Waals surface area contributed by atoms with E-state index in [-0.39, 0.29) is 11.8 Å². The molecule has 1 heterocycles. The summed E-state index contributed by atoms with van der Waals surface area (Å²) in [7, 11) is 0. The van der Waals surface area contributed by atoms with Gasteiger partial charge in [-0.1, -0.05) is 0 Å². The monoisotopic (exact) mass is 242 g/mol. The summed E-state index contributed by atoms with van der Waals surface area (Å²) in [4.78, 5) is 14.3. The van der Waals surface area contributed by atoms with Crippen LogP contribution in [0.2, 0.25) is 0 Å². The molecule has 0 bridgehead atoms. The van der Waals surface area contributed by atoms with Crippen molar-refractivity contribution in [1.29, 1.82) is 0 Å². The van der Waals surface area contributed by atoms with Crippen molar-refractivity contribution in [3.63, 3.8) is 0 Å². The maximum Gasteiger partial charge on any atom is 0.227 e. The van der Waals surface area contributed by atoms with Gasteiger partial charge >= 0.3 is 0 Å². The van der Waals surface area contributed by atoms with Crippen LogP contribution in [0.5, 0.6) is 0 Å². The van der Waals surface area contributed by atoms with Gasteiger partial charge in [-0.3, -0.25) is 4.79 Å². The second-order valence-corrected chi connectivity index (χ2v) is 4.61. The molecule has 1 aliphatic rings. The summed E-state index contributed by atoms with van der Waals surface area (Å²) in [5.74, 6) is 0.428. The number of amides is 1. The molecule has 1 fully saturated rings. The van der Waals surface area contributed by atoms with Crippen LogP contribution in [0.1, 0.15) is 33.6 Å². The quantitative estimate of drug-likeness (QED) is 0.713. The third-order valence-corrected chi connectivity index (χ3v) is 3.48. The van der Waals surface area contributed by atoms with Crippen molar-refractivity contribution in [3.8, 4) is 0 Å². The van der Waals surface area contributed by atoms with E-state index in [1.807, 2.05) is 18.7 Å².